The van der Waals surface area contributed by atoms with E-state index < -0.39 is 0 Å². The fraction of sp³-hybridized carbons (Fsp3) is 0.571. The Labute approximate surface area is 114 Å². The summed E-state index contributed by atoms with van der Waals surface area (Å²) >= 11 is 0. The summed E-state index contributed by atoms with van der Waals surface area (Å²) < 4.78 is 5.31. The number of nitrogens with one attached hydrogen (secondary N) is 1. The Bertz CT molecular complexity index is 413. The van der Waals surface area contributed by atoms with Gasteiger partial charge in [0.15, 0.2) is 0 Å². The van der Waals surface area contributed by atoms with Gasteiger partial charge in [-0.05, 0) is 25.0 Å². The summed E-state index contributed by atoms with van der Waals surface area (Å²) in [5, 5.41) is 3.19. The number of carbonyl (C=O) groups is 1. The molecule has 1 unspecified atom stereocenters. The van der Waals surface area contributed by atoms with Gasteiger partial charge in [0.1, 0.15) is 5.82 Å². The lowest BCUT2D eigenvalue weighted by molar-refractivity contribution is 0.0711. The van der Waals surface area contributed by atoms with Crippen LogP contribution in [-0.2, 0) is 4.74 Å². The molecule has 2 rings (SSSR count). The Morgan fingerprint density at radius 1 is 1.58 bits per heavy atom. The Hall–Kier alpha value is -1.62. The van der Waals surface area contributed by atoms with Gasteiger partial charge in [0.25, 0.3) is 5.91 Å². The van der Waals surface area contributed by atoms with E-state index in [1.165, 1.54) is 0 Å². The second-order valence-electron chi connectivity index (χ2n) is 4.79. The van der Waals surface area contributed by atoms with Gasteiger partial charge in [0.2, 0.25) is 0 Å². The standard InChI is InChI=1S/C14H21N3O2/c1-3-7-15-13-5-4-11(9-16-13)14(18)17(2)12-6-8-19-10-12/h4-5,9,12H,3,6-8,10H2,1-2H3,(H,15,16). The van der Waals surface area contributed by atoms with Gasteiger partial charge in [-0.15, -0.1) is 0 Å². The second kappa shape index (κ2) is 6.52. The molecule has 0 aliphatic carbocycles. The molecule has 1 saturated heterocycles. The first kappa shape index (κ1) is 13.8. The van der Waals surface area contributed by atoms with Crippen LogP contribution in [0.4, 0.5) is 5.82 Å². The fourth-order valence-corrected chi connectivity index (χ4v) is 2.07. The molecule has 0 bridgehead atoms. The van der Waals surface area contributed by atoms with Crippen molar-refractivity contribution in [3.05, 3.63) is 23.9 Å². The number of hydrogen-bond donors (Lipinski definition) is 1. The zero-order chi connectivity index (χ0) is 13.7. The minimum absolute atomic E-state index is 0.00467. The largest absolute Gasteiger partial charge is 0.379 e. The lowest BCUT2D eigenvalue weighted by Crippen LogP contribution is -2.37. The van der Waals surface area contributed by atoms with Gasteiger partial charge >= 0.3 is 0 Å². The number of anilines is 1. The molecule has 1 amide bonds. The molecule has 0 spiro atoms. The zero-order valence-electron chi connectivity index (χ0n) is 11.6. The lowest BCUT2D eigenvalue weighted by Gasteiger charge is -2.23. The van der Waals surface area contributed by atoms with Crippen LogP contribution in [0.25, 0.3) is 0 Å². The van der Waals surface area contributed by atoms with Crippen molar-refractivity contribution in [1.82, 2.24) is 9.88 Å². The van der Waals surface area contributed by atoms with Crippen molar-refractivity contribution >= 4 is 11.7 Å². The number of pyridine rings is 1. The SMILES string of the molecule is CCCNc1ccc(C(=O)N(C)C2CCOC2)cn1. The van der Waals surface area contributed by atoms with Crippen LogP contribution in [0.1, 0.15) is 30.1 Å². The summed E-state index contributed by atoms with van der Waals surface area (Å²) in [5.41, 5.74) is 0.622. The molecule has 1 fully saturated rings. The Morgan fingerprint density at radius 2 is 2.42 bits per heavy atom. The Kier molecular flexibility index (Phi) is 4.74. The molecule has 2 heterocycles. The number of nitrogens with zero attached hydrogens (tertiary/aromatic N) is 2. The van der Waals surface area contributed by atoms with E-state index in [9.17, 15) is 4.79 Å². The van der Waals surface area contributed by atoms with E-state index in [1.54, 1.807) is 11.1 Å². The van der Waals surface area contributed by atoms with E-state index in [2.05, 4.69) is 17.2 Å². The Morgan fingerprint density at radius 3 is 3.00 bits per heavy atom. The maximum absolute atomic E-state index is 12.3. The molecule has 19 heavy (non-hydrogen) atoms. The van der Waals surface area contributed by atoms with Crippen LogP contribution in [0, 0.1) is 0 Å². The van der Waals surface area contributed by atoms with Gasteiger partial charge in [-0.3, -0.25) is 4.79 Å². The van der Waals surface area contributed by atoms with Crippen LogP contribution >= 0.6 is 0 Å². The van der Waals surface area contributed by atoms with Crippen LogP contribution in [0.2, 0.25) is 0 Å². The van der Waals surface area contributed by atoms with Gasteiger partial charge < -0.3 is 15.0 Å². The quantitative estimate of drug-likeness (QED) is 0.879. The van der Waals surface area contributed by atoms with Crippen molar-refractivity contribution in [2.45, 2.75) is 25.8 Å². The minimum Gasteiger partial charge on any atom is -0.379 e. The molecule has 0 aromatic carbocycles. The number of hydrogen-bond acceptors (Lipinski definition) is 4. The molecule has 1 aliphatic heterocycles. The van der Waals surface area contributed by atoms with Crippen LogP contribution < -0.4 is 5.32 Å². The van der Waals surface area contributed by atoms with E-state index in [4.69, 9.17) is 4.74 Å². The smallest absolute Gasteiger partial charge is 0.255 e. The third-order valence-corrected chi connectivity index (χ3v) is 3.34. The molecule has 5 nitrogen and oxygen atoms in total. The van der Waals surface area contributed by atoms with Gasteiger partial charge in [-0.25, -0.2) is 4.98 Å². The number of likely N-dealkylation sites (N-methyl/N-ethyl adjacent to an activating group) is 1. The average Bonchev–Trinajstić information content (AvgIpc) is 2.98. The molecule has 5 heteroatoms. The first-order valence-electron chi connectivity index (χ1n) is 6.77. The molecule has 1 atom stereocenters. The van der Waals surface area contributed by atoms with Crippen molar-refractivity contribution in [1.29, 1.82) is 0 Å². The fourth-order valence-electron chi connectivity index (χ4n) is 2.07. The highest BCUT2D eigenvalue weighted by atomic mass is 16.5. The van der Waals surface area contributed by atoms with Crippen molar-refractivity contribution in [3.63, 3.8) is 0 Å². The van der Waals surface area contributed by atoms with E-state index in [1.807, 2.05) is 19.2 Å². The highest BCUT2D eigenvalue weighted by Crippen LogP contribution is 2.14. The van der Waals surface area contributed by atoms with Crippen molar-refractivity contribution < 1.29 is 9.53 Å². The van der Waals surface area contributed by atoms with Crippen LogP contribution in [0.15, 0.2) is 18.3 Å². The van der Waals surface area contributed by atoms with Gasteiger partial charge in [-0.2, -0.15) is 0 Å². The minimum atomic E-state index is 0.00467. The molecule has 1 aromatic heterocycles. The molecule has 104 valence electrons. The highest BCUT2D eigenvalue weighted by Gasteiger charge is 2.24. The first-order chi connectivity index (χ1) is 9.22. The number of aromatic nitrogens is 1. The molecular weight excluding hydrogens is 242 g/mol. The summed E-state index contributed by atoms with van der Waals surface area (Å²) in [6.45, 7) is 4.36. The van der Waals surface area contributed by atoms with Crippen molar-refractivity contribution in [2.24, 2.45) is 0 Å². The lowest BCUT2D eigenvalue weighted by atomic mass is 10.2. The molecule has 0 radical (unpaired) electrons. The maximum Gasteiger partial charge on any atom is 0.255 e. The van der Waals surface area contributed by atoms with Crippen molar-refractivity contribution in [3.8, 4) is 0 Å². The number of carbonyl (C=O) groups excluding carboxylic acids is 1. The van der Waals surface area contributed by atoms with Crippen LogP contribution in [0.3, 0.4) is 0 Å². The van der Waals surface area contributed by atoms with E-state index >= 15 is 0 Å². The number of ether oxygens (including phenoxy) is 1. The number of rotatable bonds is 5. The van der Waals surface area contributed by atoms with Crippen LogP contribution in [-0.4, -0.2) is 48.6 Å². The van der Waals surface area contributed by atoms with Gasteiger partial charge in [-0.1, -0.05) is 6.92 Å². The first-order valence-corrected chi connectivity index (χ1v) is 6.77. The van der Waals surface area contributed by atoms with Gasteiger partial charge in [0.05, 0.1) is 18.2 Å². The average molecular weight is 263 g/mol. The summed E-state index contributed by atoms with van der Waals surface area (Å²) in [5.74, 6) is 0.815. The zero-order valence-corrected chi connectivity index (χ0v) is 11.6. The molecule has 1 aromatic rings. The predicted molar refractivity (Wildman–Crippen MR) is 74.3 cm³/mol. The third kappa shape index (κ3) is 3.44. The summed E-state index contributed by atoms with van der Waals surface area (Å²) in [4.78, 5) is 18.3. The van der Waals surface area contributed by atoms with E-state index in [0.29, 0.717) is 12.2 Å². The Balaban J connectivity index is 1.98. The van der Waals surface area contributed by atoms with E-state index in [0.717, 1.165) is 31.8 Å². The highest BCUT2D eigenvalue weighted by molar-refractivity contribution is 5.94. The molecule has 1 aliphatic rings. The van der Waals surface area contributed by atoms with Gasteiger partial charge in [0, 0.05) is 26.4 Å². The second-order valence-corrected chi connectivity index (χ2v) is 4.79. The molecule has 0 saturated carbocycles. The van der Waals surface area contributed by atoms with Crippen molar-refractivity contribution in [2.75, 3.05) is 32.1 Å². The predicted octanol–water partition coefficient (Wildman–Crippen LogP) is 1.76. The third-order valence-electron chi connectivity index (χ3n) is 3.34. The normalized spacial score (nSPS) is 18.3. The molecular formula is C14H21N3O2. The summed E-state index contributed by atoms with van der Waals surface area (Å²) in [6, 6.07) is 3.85. The topological polar surface area (TPSA) is 54.5 Å². The summed E-state index contributed by atoms with van der Waals surface area (Å²) in [6.07, 6.45) is 3.59. The summed E-state index contributed by atoms with van der Waals surface area (Å²) in [7, 11) is 1.82. The maximum atomic E-state index is 12.3. The molecule has 1 N–H and O–H groups in total. The van der Waals surface area contributed by atoms with E-state index in [-0.39, 0.29) is 11.9 Å². The van der Waals surface area contributed by atoms with Crippen LogP contribution in [0.5, 0.6) is 0 Å². The monoisotopic (exact) mass is 263 g/mol. The number of amides is 1.